The van der Waals surface area contributed by atoms with E-state index in [1.54, 1.807) is 35.2 Å². The molecule has 1 aliphatic heterocycles. The van der Waals surface area contributed by atoms with Gasteiger partial charge in [-0.1, -0.05) is 6.07 Å². The van der Waals surface area contributed by atoms with E-state index in [-0.39, 0.29) is 5.91 Å². The highest BCUT2D eigenvalue weighted by molar-refractivity contribution is 7.12. The van der Waals surface area contributed by atoms with Crippen LogP contribution in [0.4, 0.5) is 4.79 Å². The fourth-order valence-corrected chi connectivity index (χ4v) is 3.10. The molecule has 148 valence electrons. The van der Waals surface area contributed by atoms with Gasteiger partial charge >= 0.3 is 6.09 Å². The van der Waals surface area contributed by atoms with Crippen molar-refractivity contribution in [3.8, 4) is 11.5 Å². The minimum absolute atomic E-state index is 0.271. The Bertz CT molecular complexity index is 832. The number of carbonyl (C=O) groups is 2. The van der Waals surface area contributed by atoms with Gasteiger partial charge in [0, 0.05) is 13.1 Å². The van der Waals surface area contributed by atoms with Crippen molar-refractivity contribution in [1.82, 2.24) is 10.3 Å². The van der Waals surface area contributed by atoms with Gasteiger partial charge in [-0.15, -0.1) is 11.3 Å². The van der Waals surface area contributed by atoms with E-state index in [1.165, 1.54) is 17.6 Å². The number of nitrogens with one attached hydrogen (secondary N) is 1. The third-order valence-corrected chi connectivity index (χ3v) is 4.73. The van der Waals surface area contributed by atoms with Crippen LogP contribution in [0.25, 0.3) is 0 Å². The van der Waals surface area contributed by atoms with E-state index < -0.39 is 6.09 Å². The van der Waals surface area contributed by atoms with Crippen LogP contribution >= 0.6 is 11.3 Å². The van der Waals surface area contributed by atoms with Crippen LogP contribution in [0.15, 0.2) is 40.8 Å². The number of carbonyl (C=O) groups excluding carboxylic acids is 2. The lowest BCUT2D eigenvalue weighted by molar-refractivity contribution is 0.0413. The van der Waals surface area contributed by atoms with Crippen LogP contribution in [0.2, 0.25) is 0 Å². The first-order valence-electron chi connectivity index (χ1n) is 8.85. The van der Waals surface area contributed by atoms with Gasteiger partial charge < -0.3 is 19.1 Å². The average Bonchev–Trinajstić information content (AvgIpc) is 3.25. The molecular formula is C19H21N3O5S. The van der Waals surface area contributed by atoms with Crippen LogP contribution in [-0.2, 0) is 4.74 Å². The predicted molar refractivity (Wildman–Crippen MR) is 105 cm³/mol. The zero-order chi connectivity index (χ0) is 19.8. The lowest BCUT2D eigenvalue weighted by atomic mass is 10.2. The Labute approximate surface area is 166 Å². The number of benzene rings is 1. The maximum Gasteiger partial charge on any atom is 0.415 e. The van der Waals surface area contributed by atoms with Crippen molar-refractivity contribution in [1.29, 1.82) is 0 Å². The molecule has 0 unspecified atom stereocenters. The van der Waals surface area contributed by atoms with Gasteiger partial charge in [-0.25, -0.2) is 10.2 Å². The van der Waals surface area contributed by atoms with Crippen molar-refractivity contribution in [2.24, 2.45) is 5.10 Å². The topological polar surface area (TPSA) is 89.5 Å². The minimum Gasteiger partial charge on any atom is -0.490 e. The maximum atomic E-state index is 12.3. The Balaban J connectivity index is 1.65. The summed E-state index contributed by atoms with van der Waals surface area (Å²) >= 11 is 1.34. The first kappa shape index (κ1) is 19.8. The molecule has 1 aromatic carbocycles. The normalized spacial score (nSPS) is 14.1. The number of ether oxygens (including phenoxy) is 3. The first-order chi connectivity index (χ1) is 13.7. The highest BCUT2D eigenvalue weighted by Crippen LogP contribution is 2.28. The van der Waals surface area contributed by atoms with Gasteiger partial charge in [0.05, 0.1) is 30.9 Å². The van der Waals surface area contributed by atoms with E-state index in [9.17, 15) is 9.59 Å². The van der Waals surface area contributed by atoms with E-state index in [0.29, 0.717) is 54.8 Å². The third-order valence-electron chi connectivity index (χ3n) is 3.86. The quantitative estimate of drug-likeness (QED) is 0.592. The number of hydrazone groups is 1. The molecule has 9 heteroatoms. The van der Waals surface area contributed by atoms with Crippen LogP contribution in [-0.4, -0.2) is 56.0 Å². The molecule has 2 aromatic rings. The molecule has 0 aliphatic carbocycles. The lowest BCUT2D eigenvalue weighted by Crippen LogP contribution is -2.42. The summed E-state index contributed by atoms with van der Waals surface area (Å²) in [5, 5.41) is 5.78. The van der Waals surface area contributed by atoms with Crippen LogP contribution < -0.4 is 14.9 Å². The Morgan fingerprint density at radius 2 is 2.11 bits per heavy atom. The fraction of sp³-hybridized carbons (Fsp3) is 0.316. The van der Waals surface area contributed by atoms with Crippen LogP contribution in [0, 0.1) is 0 Å². The number of nitrogens with zero attached hydrogens (tertiary/aromatic N) is 2. The highest BCUT2D eigenvalue weighted by Gasteiger charge is 2.20. The average molecular weight is 403 g/mol. The summed E-state index contributed by atoms with van der Waals surface area (Å²) in [7, 11) is 0. The Hall–Kier alpha value is -2.91. The van der Waals surface area contributed by atoms with E-state index in [1.807, 2.05) is 12.3 Å². The number of thiophene rings is 1. The van der Waals surface area contributed by atoms with E-state index in [2.05, 4.69) is 10.5 Å². The van der Waals surface area contributed by atoms with Crippen molar-refractivity contribution < 1.29 is 23.8 Å². The van der Waals surface area contributed by atoms with Gasteiger partial charge in [-0.05, 0) is 42.1 Å². The van der Waals surface area contributed by atoms with E-state index in [4.69, 9.17) is 14.2 Å². The van der Waals surface area contributed by atoms with Crippen LogP contribution in [0.1, 0.15) is 22.2 Å². The minimum atomic E-state index is -0.436. The molecule has 1 aliphatic rings. The molecule has 3 rings (SSSR count). The van der Waals surface area contributed by atoms with Gasteiger partial charge in [0.25, 0.3) is 5.91 Å². The standard InChI is InChI=1S/C19H21N3O5S/c1-2-26-16-12-14(13-20-21-18(23)17-4-3-11-28-17)5-6-15(16)27-19(24)22-7-9-25-10-8-22/h3-6,11-13H,2,7-10H2,1H3,(H,21,23). The summed E-state index contributed by atoms with van der Waals surface area (Å²) in [5.74, 6) is 0.489. The van der Waals surface area contributed by atoms with Crippen molar-refractivity contribution in [3.05, 3.63) is 46.2 Å². The molecule has 0 saturated carbocycles. The van der Waals surface area contributed by atoms with E-state index in [0.717, 1.165) is 0 Å². The van der Waals surface area contributed by atoms with Crippen molar-refractivity contribution >= 4 is 29.6 Å². The summed E-state index contributed by atoms with van der Waals surface area (Å²) < 4.78 is 16.3. The molecule has 0 spiro atoms. The second-order valence-corrected chi connectivity index (χ2v) is 6.73. The van der Waals surface area contributed by atoms with Gasteiger partial charge in [0.2, 0.25) is 0 Å². The lowest BCUT2D eigenvalue weighted by Gasteiger charge is -2.26. The summed E-state index contributed by atoms with van der Waals surface area (Å²) in [6.07, 6.45) is 1.07. The zero-order valence-electron chi connectivity index (χ0n) is 15.4. The monoisotopic (exact) mass is 403 g/mol. The van der Waals surface area contributed by atoms with E-state index >= 15 is 0 Å². The molecule has 1 aromatic heterocycles. The van der Waals surface area contributed by atoms with Gasteiger partial charge in [-0.3, -0.25) is 4.79 Å². The molecule has 8 nitrogen and oxygen atoms in total. The molecule has 1 fully saturated rings. The molecule has 2 heterocycles. The molecule has 2 amide bonds. The molecule has 0 bridgehead atoms. The number of amides is 2. The molecule has 0 atom stereocenters. The number of morpholine rings is 1. The number of rotatable bonds is 6. The second kappa shape index (κ2) is 9.86. The maximum absolute atomic E-state index is 12.3. The first-order valence-corrected chi connectivity index (χ1v) is 9.73. The number of hydrogen-bond donors (Lipinski definition) is 1. The smallest absolute Gasteiger partial charge is 0.415 e. The Kier molecular flexibility index (Phi) is 6.99. The number of hydrogen-bond acceptors (Lipinski definition) is 7. The van der Waals surface area contributed by atoms with Gasteiger partial charge in [0.15, 0.2) is 11.5 Å². The Morgan fingerprint density at radius 3 is 2.82 bits per heavy atom. The second-order valence-electron chi connectivity index (χ2n) is 5.78. The molecule has 28 heavy (non-hydrogen) atoms. The van der Waals surface area contributed by atoms with Crippen molar-refractivity contribution in [2.45, 2.75) is 6.92 Å². The highest BCUT2D eigenvalue weighted by atomic mass is 32.1. The SMILES string of the molecule is CCOc1cc(C=NNC(=O)c2cccs2)ccc1OC(=O)N1CCOCC1. The predicted octanol–water partition coefficient (Wildman–Crippen LogP) is 2.74. The van der Waals surface area contributed by atoms with Crippen molar-refractivity contribution in [2.75, 3.05) is 32.9 Å². The Morgan fingerprint density at radius 1 is 1.29 bits per heavy atom. The molecule has 1 saturated heterocycles. The zero-order valence-corrected chi connectivity index (χ0v) is 16.2. The summed E-state index contributed by atoms with van der Waals surface area (Å²) in [6.45, 7) is 4.25. The van der Waals surface area contributed by atoms with Crippen LogP contribution in [0.5, 0.6) is 11.5 Å². The third kappa shape index (κ3) is 5.30. The fourth-order valence-electron chi connectivity index (χ4n) is 2.49. The molecular weight excluding hydrogens is 382 g/mol. The molecule has 0 radical (unpaired) electrons. The summed E-state index contributed by atoms with van der Waals surface area (Å²) in [6, 6.07) is 8.60. The van der Waals surface area contributed by atoms with Crippen LogP contribution in [0.3, 0.4) is 0 Å². The van der Waals surface area contributed by atoms with Gasteiger partial charge in [-0.2, -0.15) is 5.10 Å². The largest absolute Gasteiger partial charge is 0.490 e. The molecule has 1 N–H and O–H groups in total. The van der Waals surface area contributed by atoms with Gasteiger partial charge in [0.1, 0.15) is 0 Å². The van der Waals surface area contributed by atoms with Crippen molar-refractivity contribution in [3.63, 3.8) is 0 Å². The summed E-state index contributed by atoms with van der Waals surface area (Å²) in [4.78, 5) is 26.3. The summed E-state index contributed by atoms with van der Waals surface area (Å²) in [5.41, 5.74) is 3.17.